The number of likely N-dealkylation sites (N-methyl/N-ethyl adjacent to an activating group) is 1. The van der Waals surface area contributed by atoms with Crippen molar-refractivity contribution in [3.05, 3.63) is 22.9 Å². The molecule has 0 aromatic carbocycles. The Morgan fingerprint density at radius 1 is 1.23 bits per heavy atom. The molecule has 0 fully saturated rings. The van der Waals surface area contributed by atoms with Crippen molar-refractivity contribution >= 4 is 0 Å². The lowest BCUT2D eigenvalue weighted by atomic mass is 9.78. The molecule has 0 bridgehead atoms. The lowest BCUT2D eigenvalue weighted by Crippen LogP contribution is -2.24. The van der Waals surface area contributed by atoms with E-state index in [1.165, 1.54) is 16.7 Å². The molecular weight excluding hydrogens is 158 g/mol. The third-order valence-electron chi connectivity index (χ3n) is 2.47. The summed E-state index contributed by atoms with van der Waals surface area (Å²) in [4.78, 5) is 2.25. The van der Waals surface area contributed by atoms with Crippen LogP contribution in [0, 0.1) is 5.41 Å². The summed E-state index contributed by atoms with van der Waals surface area (Å²) in [6.45, 7) is 12.4. The number of rotatable bonds is 0. The van der Waals surface area contributed by atoms with Crippen molar-refractivity contribution < 1.29 is 0 Å². The number of allylic oxidation sites excluding steroid dienone is 2. The van der Waals surface area contributed by atoms with Gasteiger partial charge in [-0.25, -0.2) is 0 Å². The van der Waals surface area contributed by atoms with Gasteiger partial charge in [0.1, 0.15) is 0 Å². The summed E-state index contributed by atoms with van der Waals surface area (Å²) >= 11 is 0. The summed E-state index contributed by atoms with van der Waals surface area (Å²) in [5.41, 5.74) is 4.74. The van der Waals surface area contributed by atoms with Gasteiger partial charge in [-0.05, 0) is 30.4 Å². The summed E-state index contributed by atoms with van der Waals surface area (Å²) in [6.07, 6.45) is 2.24. The SMILES string of the molecule is CC1=CN(C)CC(C)=C1C(C)(C)C. The molecule has 1 aliphatic heterocycles. The topological polar surface area (TPSA) is 3.24 Å². The monoisotopic (exact) mass is 179 g/mol. The summed E-state index contributed by atoms with van der Waals surface area (Å²) in [5.74, 6) is 0. The fraction of sp³-hybridized carbons (Fsp3) is 0.667. The zero-order valence-corrected chi connectivity index (χ0v) is 9.73. The third kappa shape index (κ3) is 2.15. The normalized spacial score (nSPS) is 19.2. The Bertz CT molecular complexity index is 263. The standard InChI is InChI=1S/C12H21N/c1-9-7-13(6)8-10(2)11(9)12(3,4)5/h7H,8H2,1-6H3. The van der Waals surface area contributed by atoms with Crippen LogP contribution in [0.25, 0.3) is 0 Å². The molecule has 0 saturated heterocycles. The fourth-order valence-corrected chi connectivity index (χ4v) is 2.46. The first-order valence-electron chi connectivity index (χ1n) is 4.91. The van der Waals surface area contributed by atoms with Crippen molar-refractivity contribution in [3.63, 3.8) is 0 Å². The van der Waals surface area contributed by atoms with Crippen LogP contribution in [-0.4, -0.2) is 18.5 Å². The first kappa shape index (κ1) is 10.4. The molecule has 0 amide bonds. The van der Waals surface area contributed by atoms with Crippen molar-refractivity contribution in [1.82, 2.24) is 4.90 Å². The van der Waals surface area contributed by atoms with Gasteiger partial charge < -0.3 is 4.90 Å². The van der Waals surface area contributed by atoms with Crippen molar-refractivity contribution in [2.75, 3.05) is 13.6 Å². The molecule has 0 unspecified atom stereocenters. The van der Waals surface area contributed by atoms with Gasteiger partial charge in [-0.1, -0.05) is 26.3 Å². The zero-order valence-electron chi connectivity index (χ0n) is 9.73. The van der Waals surface area contributed by atoms with Gasteiger partial charge in [-0.3, -0.25) is 0 Å². The third-order valence-corrected chi connectivity index (χ3v) is 2.47. The van der Waals surface area contributed by atoms with Crippen molar-refractivity contribution in [1.29, 1.82) is 0 Å². The molecule has 0 aromatic heterocycles. The summed E-state index contributed by atoms with van der Waals surface area (Å²) in [5, 5.41) is 0. The molecule has 1 aliphatic rings. The molecule has 0 radical (unpaired) electrons. The van der Waals surface area contributed by atoms with E-state index in [4.69, 9.17) is 0 Å². The van der Waals surface area contributed by atoms with E-state index in [2.05, 4.69) is 52.8 Å². The Kier molecular flexibility index (Phi) is 2.56. The quantitative estimate of drug-likeness (QED) is 0.552. The number of hydrogen-bond donors (Lipinski definition) is 0. The molecular formula is C12H21N. The zero-order chi connectivity index (χ0) is 10.2. The first-order valence-corrected chi connectivity index (χ1v) is 4.91. The Balaban J connectivity index is 3.09. The number of hydrogen-bond acceptors (Lipinski definition) is 1. The summed E-state index contributed by atoms with van der Waals surface area (Å²) in [7, 11) is 2.13. The van der Waals surface area contributed by atoms with E-state index in [1.54, 1.807) is 0 Å². The van der Waals surface area contributed by atoms with Crippen LogP contribution in [0.3, 0.4) is 0 Å². The van der Waals surface area contributed by atoms with E-state index >= 15 is 0 Å². The minimum Gasteiger partial charge on any atom is -0.376 e. The van der Waals surface area contributed by atoms with Crippen LogP contribution >= 0.6 is 0 Å². The molecule has 13 heavy (non-hydrogen) atoms. The molecule has 74 valence electrons. The van der Waals surface area contributed by atoms with Crippen LogP contribution in [0.1, 0.15) is 34.6 Å². The summed E-state index contributed by atoms with van der Waals surface area (Å²) in [6, 6.07) is 0. The summed E-state index contributed by atoms with van der Waals surface area (Å²) < 4.78 is 0. The first-order chi connectivity index (χ1) is 5.82. The van der Waals surface area contributed by atoms with Gasteiger partial charge in [0.05, 0.1) is 0 Å². The predicted molar refractivity (Wildman–Crippen MR) is 58.5 cm³/mol. The molecule has 0 saturated carbocycles. The maximum Gasteiger partial charge on any atom is 0.0383 e. The van der Waals surface area contributed by atoms with E-state index in [9.17, 15) is 0 Å². The van der Waals surface area contributed by atoms with Crippen molar-refractivity contribution in [3.8, 4) is 0 Å². The van der Waals surface area contributed by atoms with E-state index in [0.29, 0.717) is 0 Å². The second-order valence-corrected chi connectivity index (χ2v) is 5.13. The highest BCUT2D eigenvalue weighted by Crippen LogP contribution is 2.35. The van der Waals surface area contributed by atoms with E-state index in [-0.39, 0.29) is 5.41 Å². The van der Waals surface area contributed by atoms with Gasteiger partial charge in [0.25, 0.3) is 0 Å². The van der Waals surface area contributed by atoms with Gasteiger partial charge in [0, 0.05) is 19.8 Å². The Hall–Kier alpha value is -0.720. The fourth-order valence-electron chi connectivity index (χ4n) is 2.46. The molecule has 0 aliphatic carbocycles. The van der Waals surface area contributed by atoms with Crippen LogP contribution in [0.15, 0.2) is 22.9 Å². The Labute approximate surface area is 82.1 Å². The van der Waals surface area contributed by atoms with Gasteiger partial charge in [0.15, 0.2) is 0 Å². The lowest BCUT2D eigenvalue weighted by Gasteiger charge is -2.33. The molecule has 1 heteroatoms. The molecule has 1 nitrogen and oxygen atoms in total. The van der Waals surface area contributed by atoms with Crippen LogP contribution in [-0.2, 0) is 0 Å². The maximum atomic E-state index is 2.29. The Morgan fingerprint density at radius 3 is 2.15 bits per heavy atom. The molecule has 1 rings (SSSR count). The average molecular weight is 179 g/mol. The molecule has 0 aromatic rings. The van der Waals surface area contributed by atoms with Gasteiger partial charge in [-0.2, -0.15) is 0 Å². The second kappa shape index (κ2) is 3.21. The molecule has 0 spiro atoms. The minimum atomic E-state index is 0.284. The highest BCUT2D eigenvalue weighted by Gasteiger charge is 2.23. The smallest absolute Gasteiger partial charge is 0.0383 e. The van der Waals surface area contributed by atoms with Crippen LogP contribution in [0.4, 0.5) is 0 Å². The highest BCUT2D eigenvalue weighted by molar-refractivity contribution is 5.40. The highest BCUT2D eigenvalue weighted by atomic mass is 15.1. The van der Waals surface area contributed by atoms with E-state index in [0.717, 1.165) is 6.54 Å². The van der Waals surface area contributed by atoms with Crippen LogP contribution in [0.5, 0.6) is 0 Å². The van der Waals surface area contributed by atoms with Crippen LogP contribution < -0.4 is 0 Å². The van der Waals surface area contributed by atoms with Crippen molar-refractivity contribution in [2.45, 2.75) is 34.6 Å². The molecule has 0 atom stereocenters. The number of nitrogens with zero attached hydrogens (tertiary/aromatic N) is 1. The Morgan fingerprint density at radius 2 is 1.77 bits per heavy atom. The van der Waals surface area contributed by atoms with E-state index in [1.807, 2.05) is 0 Å². The lowest BCUT2D eigenvalue weighted by molar-refractivity contribution is 0.442. The van der Waals surface area contributed by atoms with E-state index < -0.39 is 0 Å². The maximum absolute atomic E-state index is 2.29. The van der Waals surface area contributed by atoms with Crippen LogP contribution in [0.2, 0.25) is 0 Å². The predicted octanol–water partition coefficient (Wildman–Crippen LogP) is 3.20. The van der Waals surface area contributed by atoms with Gasteiger partial charge >= 0.3 is 0 Å². The molecule has 0 N–H and O–H groups in total. The average Bonchev–Trinajstić information content (AvgIpc) is 1.78. The van der Waals surface area contributed by atoms with Gasteiger partial charge in [0.2, 0.25) is 0 Å². The second-order valence-electron chi connectivity index (χ2n) is 5.13. The van der Waals surface area contributed by atoms with Crippen molar-refractivity contribution in [2.24, 2.45) is 5.41 Å². The largest absolute Gasteiger partial charge is 0.376 e. The minimum absolute atomic E-state index is 0.284. The van der Waals surface area contributed by atoms with Gasteiger partial charge in [-0.15, -0.1) is 0 Å². The molecule has 1 heterocycles.